The molecular formula is C14H31NO3. The number of piperidine rings is 1. The molecule has 18 heavy (non-hydrogen) atoms. The molecule has 0 bridgehead atoms. The zero-order chi connectivity index (χ0) is 14.0. The van der Waals surface area contributed by atoms with Crippen LogP contribution in [0.4, 0.5) is 0 Å². The number of hydrogen-bond donors (Lipinski definition) is 1. The number of hydrogen-bond acceptors (Lipinski definition) is 4. The maximum absolute atomic E-state index is 11.7. The summed E-state index contributed by atoms with van der Waals surface area (Å²) in [5.74, 6) is 0.724. The Bertz CT molecular complexity index is 226. The molecule has 0 amide bonds. The predicted octanol–water partition coefficient (Wildman–Crippen LogP) is 2.47. The maximum Gasteiger partial charge on any atom is 0.313 e. The lowest BCUT2D eigenvalue weighted by molar-refractivity contribution is -0.155. The molecule has 0 aromatic rings. The van der Waals surface area contributed by atoms with Gasteiger partial charge in [0.2, 0.25) is 0 Å². The summed E-state index contributed by atoms with van der Waals surface area (Å²) in [6.45, 7) is 8.81. The highest BCUT2D eigenvalue weighted by molar-refractivity contribution is 5.77. The third-order valence-corrected chi connectivity index (χ3v) is 2.88. The van der Waals surface area contributed by atoms with Crippen LogP contribution in [0, 0.1) is 11.3 Å². The van der Waals surface area contributed by atoms with Crippen LogP contribution in [0.5, 0.6) is 0 Å². The lowest BCUT2D eigenvalue weighted by Gasteiger charge is -2.34. The average Bonchev–Trinajstić information content (AvgIpc) is 2.36. The van der Waals surface area contributed by atoms with Crippen molar-refractivity contribution >= 4 is 5.97 Å². The van der Waals surface area contributed by atoms with Gasteiger partial charge in [-0.15, -0.1) is 0 Å². The Balaban J connectivity index is 0. The van der Waals surface area contributed by atoms with Crippen LogP contribution in [0.15, 0.2) is 0 Å². The van der Waals surface area contributed by atoms with Crippen LogP contribution in [0.2, 0.25) is 0 Å². The molecule has 0 radical (unpaired) electrons. The molecule has 4 heteroatoms. The Hall–Kier alpha value is -0.610. The van der Waals surface area contributed by atoms with Crippen molar-refractivity contribution in [2.75, 3.05) is 33.9 Å². The van der Waals surface area contributed by atoms with Crippen molar-refractivity contribution in [1.82, 2.24) is 5.32 Å². The van der Waals surface area contributed by atoms with Gasteiger partial charge in [-0.2, -0.15) is 0 Å². The smallest absolute Gasteiger partial charge is 0.313 e. The normalized spacial score (nSPS) is 23.2. The second-order valence-corrected chi connectivity index (χ2v) is 5.53. The molecule has 4 nitrogen and oxygen atoms in total. The molecule has 0 saturated carbocycles. The van der Waals surface area contributed by atoms with Crippen LogP contribution >= 0.6 is 0 Å². The molecule has 1 atom stereocenters. The molecule has 0 unspecified atom stereocenters. The minimum atomic E-state index is -0.358. The van der Waals surface area contributed by atoms with Crippen LogP contribution in [0.25, 0.3) is 0 Å². The molecule has 110 valence electrons. The van der Waals surface area contributed by atoms with Gasteiger partial charge in [0.05, 0.1) is 12.5 Å². The van der Waals surface area contributed by atoms with Gasteiger partial charge in [-0.3, -0.25) is 4.79 Å². The van der Waals surface area contributed by atoms with Crippen molar-refractivity contribution in [3.8, 4) is 0 Å². The van der Waals surface area contributed by atoms with Crippen molar-refractivity contribution in [1.29, 1.82) is 0 Å². The van der Waals surface area contributed by atoms with Gasteiger partial charge in [0, 0.05) is 21.7 Å². The SMILES string of the molecule is CC(C)C.COCC[C@@]1(C(=O)OC)CCCNC1.[HH]. The largest absolute Gasteiger partial charge is 0.469 e. The number of carbonyl (C=O) groups excluding carboxylic acids is 1. The van der Waals surface area contributed by atoms with Crippen molar-refractivity contribution in [3.63, 3.8) is 0 Å². The lowest BCUT2D eigenvalue weighted by Crippen LogP contribution is -2.46. The first-order valence-corrected chi connectivity index (χ1v) is 6.76. The Morgan fingerprint density at radius 1 is 1.39 bits per heavy atom. The predicted molar refractivity (Wildman–Crippen MR) is 75.7 cm³/mol. The van der Waals surface area contributed by atoms with E-state index in [2.05, 4.69) is 26.1 Å². The summed E-state index contributed by atoms with van der Waals surface area (Å²) in [5.41, 5.74) is -0.358. The van der Waals surface area contributed by atoms with Gasteiger partial charge in [0.25, 0.3) is 0 Å². The summed E-state index contributed by atoms with van der Waals surface area (Å²) >= 11 is 0. The molecule has 0 aromatic carbocycles. The summed E-state index contributed by atoms with van der Waals surface area (Å²) in [6, 6.07) is 0. The van der Waals surface area contributed by atoms with Crippen LogP contribution < -0.4 is 5.32 Å². The Labute approximate surface area is 113 Å². The van der Waals surface area contributed by atoms with Gasteiger partial charge in [0.1, 0.15) is 0 Å². The Kier molecular flexibility index (Phi) is 9.02. The number of methoxy groups -OCH3 is 2. The van der Waals surface area contributed by atoms with Crippen LogP contribution in [-0.2, 0) is 14.3 Å². The fraction of sp³-hybridized carbons (Fsp3) is 0.929. The van der Waals surface area contributed by atoms with Crippen molar-refractivity contribution < 1.29 is 15.7 Å². The highest BCUT2D eigenvalue weighted by Crippen LogP contribution is 2.31. The van der Waals surface area contributed by atoms with Gasteiger partial charge in [-0.05, 0) is 31.7 Å². The molecule has 1 aliphatic heterocycles. The van der Waals surface area contributed by atoms with Gasteiger partial charge in [-0.1, -0.05) is 20.8 Å². The average molecular weight is 261 g/mol. The number of ether oxygens (including phenoxy) is 2. The van der Waals surface area contributed by atoms with Gasteiger partial charge in [0.15, 0.2) is 0 Å². The zero-order valence-electron chi connectivity index (χ0n) is 12.5. The van der Waals surface area contributed by atoms with Gasteiger partial charge in [-0.25, -0.2) is 0 Å². The van der Waals surface area contributed by atoms with E-state index in [9.17, 15) is 4.79 Å². The number of carbonyl (C=O) groups is 1. The summed E-state index contributed by atoms with van der Waals surface area (Å²) < 4.78 is 9.88. The van der Waals surface area contributed by atoms with E-state index in [0.29, 0.717) is 13.2 Å². The Morgan fingerprint density at radius 3 is 2.39 bits per heavy atom. The molecule has 1 heterocycles. The molecule has 1 saturated heterocycles. The van der Waals surface area contributed by atoms with E-state index in [1.807, 2.05) is 0 Å². The molecular weight excluding hydrogens is 230 g/mol. The van der Waals surface area contributed by atoms with Crippen molar-refractivity contribution in [3.05, 3.63) is 0 Å². The second-order valence-electron chi connectivity index (χ2n) is 5.53. The van der Waals surface area contributed by atoms with E-state index in [1.165, 1.54) is 7.11 Å². The van der Waals surface area contributed by atoms with Crippen molar-refractivity contribution in [2.24, 2.45) is 11.3 Å². The van der Waals surface area contributed by atoms with E-state index in [-0.39, 0.29) is 12.8 Å². The van der Waals surface area contributed by atoms with Crippen LogP contribution in [0.1, 0.15) is 41.5 Å². The standard InChI is InChI=1S/C10H19NO3.C4H10.H2/c1-13-7-5-10(9(12)14-2)4-3-6-11-8-10;1-4(2)3;/h11H,3-8H2,1-2H3;4H,1-3H3;1H/t10-;;/m0../s1. The van der Waals surface area contributed by atoms with Gasteiger partial charge < -0.3 is 14.8 Å². The summed E-state index contributed by atoms with van der Waals surface area (Å²) in [5, 5.41) is 3.24. The molecule has 1 N–H and O–H groups in total. The zero-order valence-corrected chi connectivity index (χ0v) is 12.5. The van der Waals surface area contributed by atoms with Crippen LogP contribution in [-0.4, -0.2) is 39.9 Å². The Morgan fingerprint density at radius 2 is 2.00 bits per heavy atom. The lowest BCUT2D eigenvalue weighted by atomic mass is 9.78. The first kappa shape index (κ1) is 17.4. The van der Waals surface area contributed by atoms with Crippen LogP contribution in [0.3, 0.4) is 0 Å². The summed E-state index contributed by atoms with van der Waals surface area (Å²) in [7, 11) is 3.10. The first-order valence-electron chi connectivity index (χ1n) is 6.76. The molecule has 1 rings (SSSR count). The quantitative estimate of drug-likeness (QED) is 0.790. The minimum absolute atomic E-state index is 0. The first-order chi connectivity index (χ1) is 8.48. The molecule has 1 aliphatic rings. The second kappa shape index (κ2) is 9.34. The third-order valence-electron chi connectivity index (χ3n) is 2.88. The van der Waals surface area contributed by atoms with E-state index < -0.39 is 0 Å². The molecule has 0 aromatic heterocycles. The van der Waals surface area contributed by atoms with Gasteiger partial charge >= 0.3 is 5.97 Å². The topological polar surface area (TPSA) is 47.6 Å². The van der Waals surface area contributed by atoms with E-state index in [0.717, 1.165) is 31.7 Å². The van der Waals surface area contributed by atoms with E-state index >= 15 is 0 Å². The number of rotatable bonds is 4. The summed E-state index contributed by atoms with van der Waals surface area (Å²) in [6.07, 6.45) is 2.66. The molecule has 0 aliphatic carbocycles. The highest BCUT2D eigenvalue weighted by atomic mass is 16.5. The minimum Gasteiger partial charge on any atom is -0.469 e. The number of esters is 1. The monoisotopic (exact) mass is 261 g/mol. The highest BCUT2D eigenvalue weighted by Gasteiger charge is 2.40. The molecule has 0 spiro atoms. The summed E-state index contributed by atoms with van der Waals surface area (Å²) in [4.78, 5) is 11.7. The fourth-order valence-electron chi connectivity index (χ4n) is 1.97. The van der Waals surface area contributed by atoms with Crippen molar-refractivity contribution in [2.45, 2.75) is 40.0 Å². The molecule has 1 fully saturated rings. The maximum atomic E-state index is 11.7. The van der Waals surface area contributed by atoms with E-state index in [4.69, 9.17) is 9.47 Å². The van der Waals surface area contributed by atoms with E-state index in [1.54, 1.807) is 7.11 Å². The third kappa shape index (κ3) is 6.36. The fourth-order valence-corrected chi connectivity index (χ4v) is 1.97. The number of nitrogens with one attached hydrogen (secondary N) is 1.